The molecule has 0 spiro atoms. The molecular weight excluding hydrogens is 208 g/mol. The number of fused-ring (bicyclic) bond motifs is 1. The third-order valence-corrected chi connectivity index (χ3v) is 3.31. The molecule has 3 rings (SSSR count). The summed E-state index contributed by atoms with van der Waals surface area (Å²) in [5.41, 5.74) is 10.6. The predicted octanol–water partition coefficient (Wildman–Crippen LogP) is 2.85. The molecule has 0 radical (unpaired) electrons. The normalized spacial score (nSPS) is 14.6. The number of nitrogen functional groups attached to an aromatic ring is 1. The van der Waals surface area contributed by atoms with Crippen LogP contribution in [0.5, 0.6) is 0 Å². The van der Waals surface area contributed by atoms with Crippen molar-refractivity contribution in [1.29, 1.82) is 0 Å². The van der Waals surface area contributed by atoms with Crippen molar-refractivity contribution >= 4 is 11.4 Å². The van der Waals surface area contributed by atoms with Gasteiger partial charge >= 0.3 is 0 Å². The van der Waals surface area contributed by atoms with Crippen LogP contribution in [-0.4, -0.2) is 6.04 Å². The maximum absolute atomic E-state index is 5.78. The number of nitrogens with one attached hydrogen (secondary N) is 1. The van der Waals surface area contributed by atoms with Crippen molar-refractivity contribution in [3.05, 3.63) is 59.7 Å². The summed E-state index contributed by atoms with van der Waals surface area (Å²) >= 11 is 0. The van der Waals surface area contributed by atoms with Gasteiger partial charge in [0.2, 0.25) is 0 Å². The average Bonchev–Trinajstić information content (AvgIpc) is 2.71. The molecule has 0 unspecified atom stereocenters. The van der Waals surface area contributed by atoms with E-state index in [2.05, 4.69) is 35.6 Å². The van der Waals surface area contributed by atoms with Gasteiger partial charge in [-0.25, -0.2) is 0 Å². The highest BCUT2D eigenvalue weighted by atomic mass is 14.9. The van der Waals surface area contributed by atoms with Crippen molar-refractivity contribution in [3.63, 3.8) is 0 Å². The fourth-order valence-electron chi connectivity index (χ4n) is 2.53. The summed E-state index contributed by atoms with van der Waals surface area (Å²) in [7, 11) is 0. The third-order valence-electron chi connectivity index (χ3n) is 3.31. The molecule has 1 aliphatic rings. The van der Waals surface area contributed by atoms with Gasteiger partial charge < -0.3 is 11.1 Å². The van der Waals surface area contributed by atoms with E-state index in [9.17, 15) is 0 Å². The van der Waals surface area contributed by atoms with Crippen molar-refractivity contribution in [1.82, 2.24) is 0 Å². The first-order valence-corrected chi connectivity index (χ1v) is 6.00. The molecule has 0 saturated carbocycles. The first kappa shape index (κ1) is 10.2. The molecule has 0 amide bonds. The smallest absolute Gasteiger partial charge is 0.0363 e. The summed E-state index contributed by atoms with van der Waals surface area (Å²) in [6.45, 7) is 0. The van der Waals surface area contributed by atoms with Crippen LogP contribution in [0.2, 0.25) is 0 Å². The Bertz CT molecular complexity index is 509. The number of anilines is 2. The van der Waals surface area contributed by atoms with E-state index in [1.807, 2.05) is 18.2 Å². The summed E-state index contributed by atoms with van der Waals surface area (Å²) in [5.74, 6) is 0. The molecule has 0 aromatic heterocycles. The van der Waals surface area contributed by atoms with Crippen molar-refractivity contribution in [2.24, 2.45) is 0 Å². The minimum absolute atomic E-state index is 0.495. The number of rotatable bonds is 2. The topological polar surface area (TPSA) is 38.0 Å². The van der Waals surface area contributed by atoms with Gasteiger partial charge in [-0.3, -0.25) is 0 Å². The lowest BCUT2D eigenvalue weighted by atomic mass is 10.1. The Morgan fingerprint density at radius 2 is 1.65 bits per heavy atom. The molecule has 0 heterocycles. The predicted molar refractivity (Wildman–Crippen MR) is 72.1 cm³/mol. The van der Waals surface area contributed by atoms with Crippen LogP contribution < -0.4 is 11.1 Å². The number of benzene rings is 2. The van der Waals surface area contributed by atoms with Gasteiger partial charge in [-0.05, 0) is 42.2 Å². The third kappa shape index (κ3) is 2.11. The highest BCUT2D eigenvalue weighted by molar-refractivity contribution is 5.55. The Balaban J connectivity index is 1.74. The summed E-state index contributed by atoms with van der Waals surface area (Å²) < 4.78 is 0. The van der Waals surface area contributed by atoms with E-state index < -0.39 is 0 Å². The van der Waals surface area contributed by atoms with E-state index in [1.165, 1.54) is 11.1 Å². The summed E-state index contributed by atoms with van der Waals surface area (Å²) in [4.78, 5) is 0. The minimum Gasteiger partial charge on any atom is -0.399 e. The summed E-state index contributed by atoms with van der Waals surface area (Å²) in [6, 6.07) is 17.1. The zero-order chi connectivity index (χ0) is 11.7. The molecule has 17 heavy (non-hydrogen) atoms. The lowest BCUT2D eigenvalue weighted by Gasteiger charge is -2.13. The number of hydrogen-bond donors (Lipinski definition) is 2. The van der Waals surface area contributed by atoms with Gasteiger partial charge in [0, 0.05) is 17.4 Å². The van der Waals surface area contributed by atoms with E-state index in [-0.39, 0.29) is 0 Å². The average molecular weight is 224 g/mol. The van der Waals surface area contributed by atoms with Gasteiger partial charge in [0.15, 0.2) is 0 Å². The molecule has 0 fully saturated rings. The first-order chi connectivity index (χ1) is 8.31. The fraction of sp³-hybridized carbons (Fsp3) is 0.200. The SMILES string of the molecule is Nc1cccc(NC2Cc3ccccc3C2)c1. The van der Waals surface area contributed by atoms with E-state index in [1.54, 1.807) is 0 Å². The van der Waals surface area contributed by atoms with Gasteiger partial charge in [-0.2, -0.15) is 0 Å². The van der Waals surface area contributed by atoms with Gasteiger partial charge in [0.25, 0.3) is 0 Å². The van der Waals surface area contributed by atoms with Gasteiger partial charge in [-0.15, -0.1) is 0 Å². The highest BCUT2D eigenvalue weighted by Crippen LogP contribution is 2.24. The second-order valence-electron chi connectivity index (χ2n) is 4.64. The Morgan fingerprint density at radius 3 is 2.29 bits per heavy atom. The van der Waals surface area contributed by atoms with Crippen LogP contribution in [0.15, 0.2) is 48.5 Å². The van der Waals surface area contributed by atoms with Crippen molar-refractivity contribution in [2.75, 3.05) is 11.1 Å². The first-order valence-electron chi connectivity index (χ1n) is 6.00. The van der Waals surface area contributed by atoms with Crippen LogP contribution >= 0.6 is 0 Å². The van der Waals surface area contributed by atoms with Crippen LogP contribution in [0.1, 0.15) is 11.1 Å². The molecule has 1 aliphatic carbocycles. The van der Waals surface area contributed by atoms with Crippen LogP contribution in [-0.2, 0) is 12.8 Å². The lowest BCUT2D eigenvalue weighted by Crippen LogP contribution is -2.19. The molecule has 2 aromatic rings. The summed E-state index contributed by atoms with van der Waals surface area (Å²) in [6.07, 6.45) is 2.20. The molecule has 86 valence electrons. The van der Waals surface area contributed by atoms with Gasteiger partial charge in [-0.1, -0.05) is 30.3 Å². The molecule has 0 atom stereocenters. The molecule has 0 bridgehead atoms. The fourth-order valence-corrected chi connectivity index (χ4v) is 2.53. The lowest BCUT2D eigenvalue weighted by molar-refractivity contribution is 0.774. The zero-order valence-corrected chi connectivity index (χ0v) is 9.69. The van der Waals surface area contributed by atoms with Gasteiger partial charge in [0.05, 0.1) is 0 Å². The summed E-state index contributed by atoms with van der Waals surface area (Å²) in [5, 5.41) is 3.55. The molecule has 2 heteroatoms. The van der Waals surface area contributed by atoms with Gasteiger partial charge in [0.1, 0.15) is 0 Å². The standard InChI is InChI=1S/C15H16N2/c16-13-6-3-7-14(10-13)17-15-8-11-4-1-2-5-12(11)9-15/h1-7,10,15,17H,8-9,16H2. The maximum Gasteiger partial charge on any atom is 0.0363 e. The maximum atomic E-state index is 5.78. The molecule has 0 aliphatic heterocycles. The molecule has 3 N–H and O–H groups in total. The van der Waals surface area contributed by atoms with Crippen molar-refractivity contribution in [3.8, 4) is 0 Å². The monoisotopic (exact) mass is 224 g/mol. The van der Waals surface area contributed by atoms with E-state index >= 15 is 0 Å². The Kier molecular flexibility index (Phi) is 2.48. The minimum atomic E-state index is 0.495. The molecule has 2 aromatic carbocycles. The Labute approximate surface area is 101 Å². The van der Waals surface area contributed by atoms with Crippen LogP contribution in [0, 0.1) is 0 Å². The number of hydrogen-bond acceptors (Lipinski definition) is 2. The quantitative estimate of drug-likeness (QED) is 0.770. The van der Waals surface area contributed by atoms with Crippen LogP contribution in [0.4, 0.5) is 11.4 Å². The highest BCUT2D eigenvalue weighted by Gasteiger charge is 2.20. The largest absolute Gasteiger partial charge is 0.399 e. The molecule has 0 saturated heterocycles. The van der Waals surface area contributed by atoms with E-state index in [0.29, 0.717) is 6.04 Å². The van der Waals surface area contributed by atoms with Crippen LogP contribution in [0.25, 0.3) is 0 Å². The molecule has 2 nitrogen and oxygen atoms in total. The Hall–Kier alpha value is -1.96. The second-order valence-corrected chi connectivity index (χ2v) is 4.64. The van der Waals surface area contributed by atoms with E-state index in [0.717, 1.165) is 24.2 Å². The van der Waals surface area contributed by atoms with Crippen molar-refractivity contribution < 1.29 is 0 Å². The number of nitrogens with two attached hydrogens (primary N) is 1. The van der Waals surface area contributed by atoms with Crippen LogP contribution in [0.3, 0.4) is 0 Å². The second kappa shape index (κ2) is 4.13. The van der Waals surface area contributed by atoms with Crippen molar-refractivity contribution in [2.45, 2.75) is 18.9 Å². The Morgan fingerprint density at radius 1 is 0.941 bits per heavy atom. The van der Waals surface area contributed by atoms with E-state index in [4.69, 9.17) is 5.73 Å². The zero-order valence-electron chi connectivity index (χ0n) is 9.69. The molecular formula is C15H16N2.